The van der Waals surface area contributed by atoms with Gasteiger partial charge < -0.3 is 16.0 Å². The number of nitrogens with one attached hydrogen (secondary N) is 2. The Morgan fingerprint density at radius 1 is 1.37 bits per heavy atom. The number of H-pyrrole nitrogens is 1. The SMILES string of the molecule is Cc1nc2ccc(CCNC(C)(C)CCN)cc2[nH]1. The average Bonchev–Trinajstić information content (AvgIpc) is 2.68. The summed E-state index contributed by atoms with van der Waals surface area (Å²) in [6, 6.07) is 6.42. The first-order chi connectivity index (χ1) is 9.00. The van der Waals surface area contributed by atoms with Gasteiger partial charge >= 0.3 is 0 Å². The lowest BCUT2D eigenvalue weighted by atomic mass is 10.0. The van der Waals surface area contributed by atoms with Crippen LogP contribution in [0.3, 0.4) is 0 Å². The summed E-state index contributed by atoms with van der Waals surface area (Å²) in [5.74, 6) is 0.967. The van der Waals surface area contributed by atoms with Crippen LogP contribution in [-0.4, -0.2) is 28.6 Å². The summed E-state index contributed by atoms with van der Waals surface area (Å²) in [4.78, 5) is 7.69. The molecule has 1 heterocycles. The maximum atomic E-state index is 5.61. The highest BCUT2D eigenvalue weighted by Gasteiger charge is 2.14. The lowest BCUT2D eigenvalue weighted by molar-refractivity contribution is 0.370. The largest absolute Gasteiger partial charge is 0.342 e. The summed E-state index contributed by atoms with van der Waals surface area (Å²) in [7, 11) is 0. The number of benzene rings is 1. The van der Waals surface area contributed by atoms with Gasteiger partial charge in [-0.2, -0.15) is 0 Å². The third kappa shape index (κ3) is 3.78. The Labute approximate surface area is 114 Å². The van der Waals surface area contributed by atoms with Crippen molar-refractivity contribution in [3.05, 3.63) is 29.6 Å². The monoisotopic (exact) mass is 260 g/mol. The zero-order chi connectivity index (χ0) is 13.9. The number of hydrogen-bond donors (Lipinski definition) is 3. The second kappa shape index (κ2) is 5.72. The van der Waals surface area contributed by atoms with E-state index in [4.69, 9.17) is 5.73 Å². The molecule has 1 aromatic heterocycles. The molecule has 0 aliphatic rings. The molecule has 0 radical (unpaired) electrons. The normalized spacial score (nSPS) is 12.2. The molecule has 4 heteroatoms. The van der Waals surface area contributed by atoms with Crippen LogP contribution < -0.4 is 11.1 Å². The van der Waals surface area contributed by atoms with E-state index in [1.165, 1.54) is 5.56 Å². The van der Waals surface area contributed by atoms with Gasteiger partial charge in [-0.15, -0.1) is 0 Å². The van der Waals surface area contributed by atoms with Crippen molar-refractivity contribution in [2.45, 2.75) is 39.2 Å². The number of hydrogen-bond acceptors (Lipinski definition) is 3. The first-order valence-corrected chi connectivity index (χ1v) is 6.90. The number of rotatable bonds is 6. The molecule has 0 saturated heterocycles. The highest BCUT2D eigenvalue weighted by atomic mass is 15.0. The zero-order valence-electron chi connectivity index (χ0n) is 12.1. The topological polar surface area (TPSA) is 66.7 Å². The maximum absolute atomic E-state index is 5.61. The Kier molecular flexibility index (Phi) is 4.22. The Morgan fingerprint density at radius 3 is 2.89 bits per heavy atom. The third-order valence-electron chi connectivity index (χ3n) is 3.45. The van der Waals surface area contributed by atoms with Gasteiger partial charge in [0.25, 0.3) is 0 Å². The number of nitrogens with two attached hydrogens (primary N) is 1. The fourth-order valence-electron chi connectivity index (χ4n) is 2.33. The quantitative estimate of drug-likeness (QED) is 0.745. The first-order valence-electron chi connectivity index (χ1n) is 6.90. The van der Waals surface area contributed by atoms with Crippen molar-refractivity contribution < 1.29 is 0 Å². The average molecular weight is 260 g/mol. The van der Waals surface area contributed by atoms with Gasteiger partial charge in [0.15, 0.2) is 0 Å². The Bertz CT molecular complexity index is 542. The minimum atomic E-state index is 0.115. The van der Waals surface area contributed by atoms with Crippen LogP contribution in [0.5, 0.6) is 0 Å². The summed E-state index contributed by atoms with van der Waals surface area (Å²) in [6.07, 6.45) is 2.01. The second-order valence-electron chi connectivity index (χ2n) is 5.77. The maximum Gasteiger partial charge on any atom is 0.104 e. The van der Waals surface area contributed by atoms with Crippen LogP contribution in [0.4, 0.5) is 0 Å². The molecule has 104 valence electrons. The van der Waals surface area contributed by atoms with E-state index in [1.54, 1.807) is 0 Å². The van der Waals surface area contributed by atoms with E-state index in [-0.39, 0.29) is 5.54 Å². The van der Waals surface area contributed by atoms with E-state index in [1.807, 2.05) is 6.92 Å². The van der Waals surface area contributed by atoms with Gasteiger partial charge in [0, 0.05) is 5.54 Å². The molecule has 0 saturated carbocycles. The number of fused-ring (bicyclic) bond motifs is 1. The summed E-state index contributed by atoms with van der Waals surface area (Å²) < 4.78 is 0. The van der Waals surface area contributed by atoms with E-state index >= 15 is 0 Å². The van der Waals surface area contributed by atoms with Crippen molar-refractivity contribution in [2.24, 2.45) is 5.73 Å². The zero-order valence-corrected chi connectivity index (χ0v) is 12.1. The lowest BCUT2D eigenvalue weighted by Gasteiger charge is -2.25. The molecular formula is C15H24N4. The predicted octanol–water partition coefficient (Wildman–Crippen LogP) is 2.13. The van der Waals surface area contributed by atoms with Crippen molar-refractivity contribution >= 4 is 11.0 Å². The standard InChI is InChI=1S/C15H24N4/c1-11-18-13-5-4-12(10-14(13)19-11)6-9-17-15(2,3)7-8-16/h4-5,10,17H,6-9,16H2,1-3H3,(H,18,19). The van der Waals surface area contributed by atoms with E-state index in [2.05, 4.69) is 47.3 Å². The van der Waals surface area contributed by atoms with E-state index < -0.39 is 0 Å². The van der Waals surface area contributed by atoms with Crippen molar-refractivity contribution in [3.63, 3.8) is 0 Å². The van der Waals surface area contributed by atoms with E-state index in [9.17, 15) is 0 Å². The third-order valence-corrected chi connectivity index (χ3v) is 3.45. The minimum absolute atomic E-state index is 0.115. The van der Waals surface area contributed by atoms with Crippen LogP contribution in [0.25, 0.3) is 11.0 Å². The summed E-state index contributed by atoms with van der Waals surface area (Å²) in [5.41, 5.74) is 9.21. The fourth-order valence-corrected chi connectivity index (χ4v) is 2.33. The fraction of sp³-hybridized carbons (Fsp3) is 0.533. The van der Waals surface area contributed by atoms with Crippen LogP contribution in [0, 0.1) is 6.92 Å². The number of aryl methyl sites for hydroxylation is 1. The van der Waals surface area contributed by atoms with Gasteiger partial charge in [0.05, 0.1) is 11.0 Å². The molecule has 0 spiro atoms. The van der Waals surface area contributed by atoms with Crippen LogP contribution in [-0.2, 0) is 6.42 Å². The van der Waals surface area contributed by atoms with Gasteiger partial charge in [0.2, 0.25) is 0 Å². The van der Waals surface area contributed by atoms with E-state index in [0.29, 0.717) is 0 Å². The molecule has 0 fully saturated rings. The van der Waals surface area contributed by atoms with Gasteiger partial charge in [-0.25, -0.2) is 4.98 Å². The van der Waals surface area contributed by atoms with Gasteiger partial charge in [-0.05, 0) is 64.4 Å². The van der Waals surface area contributed by atoms with Gasteiger partial charge in [-0.3, -0.25) is 0 Å². The summed E-state index contributed by atoms with van der Waals surface area (Å²) in [6.45, 7) is 8.06. The van der Waals surface area contributed by atoms with E-state index in [0.717, 1.165) is 42.8 Å². The Hall–Kier alpha value is -1.39. The molecule has 0 unspecified atom stereocenters. The number of imidazole rings is 1. The van der Waals surface area contributed by atoms with Crippen molar-refractivity contribution in [2.75, 3.05) is 13.1 Å². The minimum Gasteiger partial charge on any atom is -0.342 e. The van der Waals surface area contributed by atoms with Crippen molar-refractivity contribution in [1.82, 2.24) is 15.3 Å². The molecule has 0 bridgehead atoms. The van der Waals surface area contributed by atoms with Crippen LogP contribution in [0.1, 0.15) is 31.7 Å². The molecule has 2 rings (SSSR count). The molecule has 0 aliphatic heterocycles. The molecule has 1 aromatic carbocycles. The smallest absolute Gasteiger partial charge is 0.104 e. The molecule has 0 atom stereocenters. The highest BCUT2D eigenvalue weighted by Crippen LogP contribution is 2.14. The van der Waals surface area contributed by atoms with Crippen LogP contribution in [0.2, 0.25) is 0 Å². The van der Waals surface area contributed by atoms with Crippen LogP contribution in [0.15, 0.2) is 18.2 Å². The number of aromatic amines is 1. The van der Waals surface area contributed by atoms with Gasteiger partial charge in [0.1, 0.15) is 5.82 Å². The van der Waals surface area contributed by atoms with Crippen molar-refractivity contribution in [1.29, 1.82) is 0 Å². The molecule has 0 aliphatic carbocycles. The molecule has 4 nitrogen and oxygen atoms in total. The predicted molar refractivity (Wildman–Crippen MR) is 80.3 cm³/mol. The molecule has 19 heavy (non-hydrogen) atoms. The summed E-state index contributed by atoms with van der Waals surface area (Å²) >= 11 is 0. The molecule has 0 amide bonds. The second-order valence-corrected chi connectivity index (χ2v) is 5.77. The van der Waals surface area contributed by atoms with Gasteiger partial charge in [-0.1, -0.05) is 6.07 Å². The molecule has 2 aromatic rings. The number of nitrogens with zero attached hydrogens (tertiary/aromatic N) is 1. The molecule has 4 N–H and O–H groups in total. The Balaban J connectivity index is 1.94. The Morgan fingerprint density at radius 2 is 2.16 bits per heavy atom. The lowest BCUT2D eigenvalue weighted by Crippen LogP contribution is -2.41. The number of aromatic nitrogens is 2. The highest BCUT2D eigenvalue weighted by molar-refractivity contribution is 5.75. The van der Waals surface area contributed by atoms with Crippen LogP contribution >= 0.6 is 0 Å². The molecular weight excluding hydrogens is 236 g/mol. The summed E-state index contributed by atoms with van der Waals surface area (Å²) in [5, 5.41) is 3.56. The first kappa shape index (κ1) is 14.0. The van der Waals surface area contributed by atoms with Crippen molar-refractivity contribution in [3.8, 4) is 0 Å².